The molecule has 1 aliphatic rings. The Bertz CT molecular complexity index is 609. The number of anilines is 1. The van der Waals surface area contributed by atoms with Crippen LogP contribution < -0.4 is 10.1 Å². The molecule has 1 N–H and O–H groups in total. The van der Waals surface area contributed by atoms with Gasteiger partial charge in [0.15, 0.2) is 0 Å². The van der Waals surface area contributed by atoms with Crippen molar-refractivity contribution in [2.45, 2.75) is 39.2 Å². The molecule has 22 heavy (non-hydrogen) atoms. The van der Waals surface area contributed by atoms with Crippen molar-refractivity contribution in [2.75, 3.05) is 11.9 Å². The Hall–Kier alpha value is -2.10. The van der Waals surface area contributed by atoms with Crippen molar-refractivity contribution in [1.29, 1.82) is 0 Å². The molecule has 0 bridgehead atoms. The maximum atomic E-state index is 5.79. The first kappa shape index (κ1) is 14.8. The molecule has 2 aromatic rings. The quantitative estimate of drug-likeness (QED) is 0.839. The third-order valence-electron chi connectivity index (χ3n) is 3.54. The molecule has 1 aromatic heterocycles. The number of hydrogen-bond acceptors (Lipinski definition) is 4. The monoisotopic (exact) mass is 297 g/mol. The fourth-order valence-electron chi connectivity index (χ4n) is 2.17. The Morgan fingerprint density at radius 3 is 2.64 bits per heavy atom. The Kier molecular flexibility index (Phi) is 4.56. The van der Waals surface area contributed by atoms with Crippen LogP contribution in [0.4, 0.5) is 5.82 Å². The summed E-state index contributed by atoms with van der Waals surface area (Å²) in [5, 5.41) is 3.38. The van der Waals surface area contributed by atoms with E-state index >= 15 is 0 Å². The van der Waals surface area contributed by atoms with E-state index in [4.69, 9.17) is 4.74 Å². The number of nitrogens with one attached hydrogen (secondary N) is 1. The average molecular weight is 297 g/mol. The summed E-state index contributed by atoms with van der Waals surface area (Å²) < 4.78 is 5.79. The average Bonchev–Trinajstić information content (AvgIpc) is 3.37. The van der Waals surface area contributed by atoms with Crippen LogP contribution in [0.5, 0.6) is 5.88 Å². The second-order valence-corrected chi connectivity index (χ2v) is 6.27. The molecular formula is C18H23N3O. The van der Waals surface area contributed by atoms with Crippen molar-refractivity contribution >= 4 is 5.82 Å². The molecule has 4 heteroatoms. The van der Waals surface area contributed by atoms with Gasteiger partial charge in [0.1, 0.15) is 11.6 Å². The van der Waals surface area contributed by atoms with Crippen LogP contribution in [0.1, 0.15) is 44.0 Å². The molecule has 0 aliphatic heterocycles. The van der Waals surface area contributed by atoms with E-state index in [2.05, 4.69) is 41.3 Å². The first-order valence-electron chi connectivity index (χ1n) is 8.00. The molecule has 1 aliphatic carbocycles. The number of aromatic nitrogens is 2. The molecule has 1 saturated carbocycles. The smallest absolute Gasteiger partial charge is 0.218 e. The van der Waals surface area contributed by atoms with Gasteiger partial charge in [-0.15, -0.1) is 0 Å². The van der Waals surface area contributed by atoms with Gasteiger partial charge < -0.3 is 10.1 Å². The van der Waals surface area contributed by atoms with Crippen molar-refractivity contribution in [3.05, 3.63) is 47.8 Å². The SMILES string of the molecule is CC(C)COc1cc(NCc2ccccc2)nc(C2CC2)n1. The first-order chi connectivity index (χ1) is 10.7. The maximum absolute atomic E-state index is 5.79. The lowest BCUT2D eigenvalue weighted by atomic mass is 10.2. The fourth-order valence-corrected chi connectivity index (χ4v) is 2.17. The topological polar surface area (TPSA) is 47.0 Å². The van der Waals surface area contributed by atoms with Gasteiger partial charge >= 0.3 is 0 Å². The zero-order valence-corrected chi connectivity index (χ0v) is 13.2. The predicted octanol–water partition coefficient (Wildman–Crippen LogP) is 4.00. The number of nitrogens with zero attached hydrogens (tertiary/aromatic N) is 2. The zero-order chi connectivity index (χ0) is 15.4. The molecule has 0 atom stereocenters. The van der Waals surface area contributed by atoms with Gasteiger partial charge in [-0.1, -0.05) is 44.2 Å². The van der Waals surface area contributed by atoms with Crippen LogP contribution in [0.3, 0.4) is 0 Å². The van der Waals surface area contributed by atoms with Gasteiger partial charge in [-0.3, -0.25) is 0 Å². The Labute approximate surface area is 132 Å². The van der Waals surface area contributed by atoms with Crippen LogP contribution in [0.2, 0.25) is 0 Å². The van der Waals surface area contributed by atoms with Crippen LogP contribution in [0.15, 0.2) is 36.4 Å². The van der Waals surface area contributed by atoms with Gasteiger partial charge in [0, 0.05) is 18.5 Å². The van der Waals surface area contributed by atoms with E-state index in [9.17, 15) is 0 Å². The molecule has 0 amide bonds. The van der Waals surface area contributed by atoms with Gasteiger partial charge in [0.05, 0.1) is 6.61 Å². The van der Waals surface area contributed by atoms with Gasteiger partial charge in [-0.25, -0.2) is 4.98 Å². The van der Waals surface area contributed by atoms with Gasteiger partial charge in [0.25, 0.3) is 0 Å². The van der Waals surface area contributed by atoms with Gasteiger partial charge in [-0.2, -0.15) is 4.98 Å². The Balaban J connectivity index is 1.71. The molecule has 1 aromatic carbocycles. The highest BCUT2D eigenvalue weighted by atomic mass is 16.5. The maximum Gasteiger partial charge on any atom is 0.218 e. The van der Waals surface area contributed by atoms with Crippen LogP contribution in [-0.4, -0.2) is 16.6 Å². The summed E-state index contributed by atoms with van der Waals surface area (Å²) in [6.45, 7) is 5.71. The van der Waals surface area contributed by atoms with Crippen molar-refractivity contribution in [2.24, 2.45) is 5.92 Å². The summed E-state index contributed by atoms with van der Waals surface area (Å²) in [4.78, 5) is 9.18. The van der Waals surface area contributed by atoms with Gasteiger partial charge in [0.2, 0.25) is 5.88 Å². The lowest BCUT2D eigenvalue weighted by Crippen LogP contribution is -2.09. The Morgan fingerprint density at radius 1 is 1.18 bits per heavy atom. The minimum atomic E-state index is 0.486. The van der Waals surface area contributed by atoms with E-state index in [0.29, 0.717) is 24.3 Å². The molecule has 4 nitrogen and oxygen atoms in total. The van der Waals surface area contributed by atoms with E-state index in [0.717, 1.165) is 18.2 Å². The molecule has 116 valence electrons. The van der Waals surface area contributed by atoms with E-state index in [1.54, 1.807) is 0 Å². The standard InChI is InChI=1S/C18H23N3O/c1-13(2)12-22-17-10-16(20-18(21-17)15-8-9-15)19-11-14-6-4-3-5-7-14/h3-7,10,13,15H,8-9,11-12H2,1-2H3,(H,19,20,21). The van der Waals surface area contributed by atoms with Crippen LogP contribution >= 0.6 is 0 Å². The summed E-state index contributed by atoms with van der Waals surface area (Å²) in [6.07, 6.45) is 2.37. The second kappa shape index (κ2) is 6.77. The molecule has 0 unspecified atom stereocenters. The highest BCUT2D eigenvalue weighted by Crippen LogP contribution is 2.39. The van der Waals surface area contributed by atoms with Crippen LogP contribution in [-0.2, 0) is 6.54 Å². The third kappa shape index (κ3) is 4.20. The molecular weight excluding hydrogens is 274 g/mol. The third-order valence-corrected chi connectivity index (χ3v) is 3.54. The lowest BCUT2D eigenvalue weighted by Gasteiger charge is -2.12. The molecule has 1 fully saturated rings. The number of benzene rings is 1. The zero-order valence-electron chi connectivity index (χ0n) is 13.2. The van der Waals surface area contributed by atoms with Crippen molar-refractivity contribution in [3.8, 4) is 5.88 Å². The van der Waals surface area contributed by atoms with E-state index in [1.165, 1.54) is 18.4 Å². The molecule has 0 saturated heterocycles. The summed E-state index contributed by atoms with van der Waals surface area (Å²) in [7, 11) is 0. The highest BCUT2D eigenvalue weighted by molar-refractivity contribution is 5.40. The number of ether oxygens (including phenoxy) is 1. The normalized spacial score (nSPS) is 14.1. The summed E-state index contributed by atoms with van der Waals surface area (Å²) in [5.74, 6) is 3.44. The lowest BCUT2D eigenvalue weighted by molar-refractivity contribution is 0.260. The molecule has 1 heterocycles. The minimum Gasteiger partial charge on any atom is -0.477 e. The molecule has 0 spiro atoms. The van der Waals surface area contributed by atoms with E-state index in [-0.39, 0.29) is 0 Å². The number of hydrogen-bond donors (Lipinski definition) is 1. The van der Waals surface area contributed by atoms with E-state index < -0.39 is 0 Å². The first-order valence-corrected chi connectivity index (χ1v) is 8.00. The number of rotatable bonds is 7. The molecule has 0 radical (unpaired) electrons. The largest absolute Gasteiger partial charge is 0.477 e. The summed E-state index contributed by atoms with van der Waals surface area (Å²) in [5.41, 5.74) is 1.23. The van der Waals surface area contributed by atoms with Gasteiger partial charge in [-0.05, 0) is 24.3 Å². The summed E-state index contributed by atoms with van der Waals surface area (Å²) >= 11 is 0. The van der Waals surface area contributed by atoms with Crippen LogP contribution in [0, 0.1) is 5.92 Å². The fraction of sp³-hybridized carbons (Fsp3) is 0.444. The Morgan fingerprint density at radius 2 is 1.95 bits per heavy atom. The minimum absolute atomic E-state index is 0.486. The van der Waals surface area contributed by atoms with E-state index in [1.807, 2.05) is 24.3 Å². The van der Waals surface area contributed by atoms with Crippen molar-refractivity contribution in [1.82, 2.24) is 9.97 Å². The summed E-state index contributed by atoms with van der Waals surface area (Å²) in [6, 6.07) is 12.2. The van der Waals surface area contributed by atoms with Crippen molar-refractivity contribution in [3.63, 3.8) is 0 Å². The van der Waals surface area contributed by atoms with Crippen LogP contribution in [0.25, 0.3) is 0 Å². The van der Waals surface area contributed by atoms with Crippen molar-refractivity contribution < 1.29 is 4.74 Å². The predicted molar refractivity (Wildman–Crippen MR) is 88.1 cm³/mol. The second-order valence-electron chi connectivity index (χ2n) is 6.27. The highest BCUT2D eigenvalue weighted by Gasteiger charge is 2.27. The molecule has 3 rings (SSSR count).